The molecule has 214 valence electrons. The van der Waals surface area contributed by atoms with Gasteiger partial charge in [-0.3, -0.25) is 4.68 Å². The third kappa shape index (κ3) is 5.90. The molecule has 2 heterocycles. The number of alkyl halides is 6. The first-order valence-electron chi connectivity index (χ1n) is 12.8. The topological polar surface area (TPSA) is 56.9 Å². The Bertz CT molecular complexity index is 1520. The molecule has 0 aliphatic heterocycles. The molecule has 6 nitrogen and oxygen atoms in total. The minimum absolute atomic E-state index is 0.0476. The molecular weight excluding hydrogens is 536 g/mol. The van der Waals surface area contributed by atoms with Crippen LogP contribution in [0.25, 0.3) is 22.2 Å². The summed E-state index contributed by atoms with van der Waals surface area (Å²) in [4.78, 5) is 4.75. The molecule has 0 amide bonds. The van der Waals surface area contributed by atoms with Gasteiger partial charge in [0, 0.05) is 30.5 Å². The maximum Gasteiger partial charge on any atom is 0.573 e. The Morgan fingerprint density at radius 2 is 1.70 bits per heavy atom. The number of nitrogens with zero attached hydrogens (tertiary/aromatic N) is 4. The number of rotatable bonds is 5. The number of aryl methyl sites for hydroxylation is 1. The van der Waals surface area contributed by atoms with Gasteiger partial charge < -0.3 is 14.6 Å². The lowest BCUT2D eigenvalue weighted by molar-refractivity contribution is -0.274. The number of imidazole rings is 1. The standard InChI is InChI=1S/C28H29F6N5O/c1-16-11-19(14-26(2,3)13-16)39-23-10-5-17(21-15-38(4)37-24(21)27(29,30)31)12-22(23)36-25(39)35-18-6-8-20(9-7-18)40-28(32,33)34/h5-10,12,15-16,19H,11,13-14H2,1-4H3,(H,35,36)/t16-,19?/m0/s1. The van der Waals surface area contributed by atoms with Gasteiger partial charge in [-0.2, -0.15) is 18.3 Å². The number of hydrogen-bond donors (Lipinski definition) is 1. The fourth-order valence-electron chi connectivity index (χ4n) is 5.99. The number of anilines is 2. The summed E-state index contributed by atoms with van der Waals surface area (Å²) in [5, 5.41) is 6.83. The first kappa shape index (κ1) is 27.9. The van der Waals surface area contributed by atoms with Crippen LogP contribution in [0.15, 0.2) is 48.7 Å². The van der Waals surface area contributed by atoms with E-state index in [1.165, 1.54) is 37.5 Å². The van der Waals surface area contributed by atoms with Crippen LogP contribution in [0.3, 0.4) is 0 Å². The van der Waals surface area contributed by atoms with Crippen molar-refractivity contribution in [1.29, 1.82) is 0 Å². The zero-order valence-corrected chi connectivity index (χ0v) is 22.4. The van der Waals surface area contributed by atoms with E-state index in [0.29, 0.717) is 28.6 Å². The summed E-state index contributed by atoms with van der Waals surface area (Å²) in [7, 11) is 1.44. The second-order valence-corrected chi connectivity index (χ2v) is 11.3. The van der Waals surface area contributed by atoms with Crippen LogP contribution in [0.4, 0.5) is 38.0 Å². The molecule has 12 heteroatoms. The molecule has 0 spiro atoms. The zero-order valence-electron chi connectivity index (χ0n) is 22.4. The van der Waals surface area contributed by atoms with Gasteiger partial charge in [-0.25, -0.2) is 4.98 Å². The predicted molar refractivity (Wildman–Crippen MR) is 139 cm³/mol. The summed E-state index contributed by atoms with van der Waals surface area (Å²) in [5.74, 6) is 0.534. The van der Waals surface area contributed by atoms with Crippen LogP contribution < -0.4 is 10.1 Å². The molecule has 2 atom stereocenters. The SMILES string of the molecule is C[C@H]1CC(n2c(Nc3ccc(OC(F)(F)F)cc3)nc3cc(-c4cn(C)nc4C(F)(F)F)ccc32)CC(C)(C)C1. The second-order valence-electron chi connectivity index (χ2n) is 11.3. The third-order valence-electron chi connectivity index (χ3n) is 7.17. The van der Waals surface area contributed by atoms with Crippen molar-refractivity contribution in [1.82, 2.24) is 19.3 Å². The van der Waals surface area contributed by atoms with Crippen molar-refractivity contribution in [3.63, 3.8) is 0 Å². The summed E-state index contributed by atoms with van der Waals surface area (Å²) in [6, 6.07) is 10.4. The van der Waals surface area contributed by atoms with Crippen LogP contribution in [-0.2, 0) is 13.2 Å². The molecule has 1 saturated carbocycles. The largest absolute Gasteiger partial charge is 0.573 e. The first-order valence-corrected chi connectivity index (χ1v) is 12.8. The highest BCUT2D eigenvalue weighted by molar-refractivity contribution is 5.85. The molecule has 40 heavy (non-hydrogen) atoms. The molecular formula is C28H29F6N5O. The lowest BCUT2D eigenvalue weighted by Gasteiger charge is -2.40. The zero-order chi connectivity index (χ0) is 29.0. The number of aromatic nitrogens is 4. The summed E-state index contributed by atoms with van der Waals surface area (Å²) >= 11 is 0. The highest BCUT2D eigenvalue weighted by Crippen LogP contribution is 2.46. The molecule has 2 aromatic carbocycles. The fraction of sp³-hybridized carbons (Fsp3) is 0.429. The van der Waals surface area contributed by atoms with E-state index in [4.69, 9.17) is 4.98 Å². The Labute approximate surface area is 227 Å². The van der Waals surface area contributed by atoms with Gasteiger partial charge in [0.25, 0.3) is 0 Å². The van der Waals surface area contributed by atoms with E-state index in [9.17, 15) is 26.3 Å². The minimum atomic E-state index is -4.80. The van der Waals surface area contributed by atoms with Crippen LogP contribution in [0, 0.1) is 11.3 Å². The number of benzene rings is 2. The molecule has 2 aromatic heterocycles. The molecule has 1 N–H and O–H groups in total. The Morgan fingerprint density at radius 3 is 2.33 bits per heavy atom. The Morgan fingerprint density at radius 1 is 1.00 bits per heavy atom. The average Bonchev–Trinajstić information content (AvgIpc) is 3.37. The van der Waals surface area contributed by atoms with Gasteiger partial charge in [0.2, 0.25) is 5.95 Å². The molecule has 5 rings (SSSR count). The minimum Gasteiger partial charge on any atom is -0.406 e. The molecule has 1 unspecified atom stereocenters. The Hall–Kier alpha value is -3.70. The fourth-order valence-corrected chi connectivity index (χ4v) is 5.99. The summed E-state index contributed by atoms with van der Waals surface area (Å²) < 4.78 is 85.9. The summed E-state index contributed by atoms with van der Waals surface area (Å²) in [6.45, 7) is 6.61. The number of halogens is 6. The van der Waals surface area contributed by atoms with E-state index < -0.39 is 18.2 Å². The van der Waals surface area contributed by atoms with Crippen LogP contribution in [-0.4, -0.2) is 25.7 Å². The lowest BCUT2D eigenvalue weighted by Crippen LogP contribution is -2.29. The highest BCUT2D eigenvalue weighted by atomic mass is 19.4. The molecule has 0 radical (unpaired) electrons. The number of hydrogen-bond acceptors (Lipinski definition) is 4. The molecule has 4 aromatic rings. The number of fused-ring (bicyclic) bond motifs is 1. The van der Waals surface area contributed by atoms with E-state index in [0.717, 1.165) is 29.5 Å². The van der Waals surface area contributed by atoms with E-state index in [1.54, 1.807) is 18.2 Å². The van der Waals surface area contributed by atoms with Crippen LogP contribution in [0.5, 0.6) is 5.75 Å². The van der Waals surface area contributed by atoms with E-state index in [1.807, 2.05) is 0 Å². The molecule has 1 aliphatic carbocycles. The molecule has 1 aliphatic rings. The van der Waals surface area contributed by atoms with Gasteiger partial charge in [0.15, 0.2) is 5.69 Å². The van der Waals surface area contributed by atoms with E-state index >= 15 is 0 Å². The Balaban J connectivity index is 1.58. The van der Waals surface area contributed by atoms with Gasteiger partial charge in [0.05, 0.1) is 11.0 Å². The van der Waals surface area contributed by atoms with E-state index in [2.05, 4.69) is 40.5 Å². The van der Waals surface area contributed by atoms with Crippen molar-refractivity contribution in [3.05, 3.63) is 54.4 Å². The van der Waals surface area contributed by atoms with Gasteiger partial charge in [-0.15, -0.1) is 13.2 Å². The van der Waals surface area contributed by atoms with Crippen LogP contribution in [0.1, 0.15) is 51.8 Å². The van der Waals surface area contributed by atoms with Crippen molar-refractivity contribution in [2.24, 2.45) is 18.4 Å². The van der Waals surface area contributed by atoms with Crippen LogP contribution in [0.2, 0.25) is 0 Å². The van der Waals surface area contributed by atoms with Crippen molar-refractivity contribution in [3.8, 4) is 16.9 Å². The van der Waals surface area contributed by atoms with E-state index in [-0.39, 0.29) is 22.8 Å². The molecule has 0 bridgehead atoms. The quantitative estimate of drug-likeness (QED) is 0.247. The van der Waals surface area contributed by atoms with Crippen molar-refractivity contribution < 1.29 is 31.1 Å². The monoisotopic (exact) mass is 565 g/mol. The number of ether oxygens (including phenoxy) is 1. The summed E-state index contributed by atoms with van der Waals surface area (Å²) in [5.41, 5.74) is 1.09. The molecule has 0 saturated heterocycles. The van der Waals surface area contributed by atoms with Crippen molar-refractivity contribution in [2.75, 3.05) is 5.32 Å². The second kappa shape index (κ2) is 9.74. The molecule has 1 fully saturated rings. The van der Waals surface area contributed by atoms with Crippen LogP contribution >= 0.6 is 0 Å². The van der Waals surface area contributed by atoms with Gasteiger partial charge in [-0.05, 0) is 72.6 Å². The lowest BCUT2D eigenvalue weighted by atomic mass is 9.70. The van der Waals surface area contributed by atoms with Crippen molar-refractivity contribution >= 4 is 22.7 Å². The third-order valence-corrected chi connectivity index (χ3v) is 7.17. The number of nitrogens with one attached hydrogen (secondary N) is 1. The first-order chi connectivity index (χ1) is 18.6. The average molecular weight is 566 g/mol. The highest BCUT2D eigenvalue weighted by Gasteiger charge is 2.38. The predicted octanol–water partition coefficient (Wildman–Crippen LogP) is 8.49. The maximum atomic E-state index is 13.7. The van der Waals surface area contributed by atoms with Crippen molar-refractivity contribution in [2.45, 2.75) is 58.6 Å². The maximum absolute atomic E-state index is 13.7. The van der Waals surface area contributed by atoms with Gasteiger partial charge in [0.1, 0.15) is 5.75 Å². The smallest absolute Gasteiger partial charge is 0.406 e. The van der Waals surface area contributed by atoms with Gasteiger partial charge in [-0.1, -0.05) is 26.8 Å². The summed E-state index contributed by atoms with van der Waals surface area (Å²) in [6.07, 6.45) is -5.29. The Kier molecular flexibility index (Phi) is 6.78. The normalized spacial score (nSPS) is 19.6. The van der Waals surface area contributed by atoms with Gasteiger partial charge >= 0.3 is 12.5 Å².